The SMILES string of the molecule is COCCN1CCOC[C@]2(CCCN(Cc3ccoc3)C2)C1. The molecule has 0 radical (unpaired) electrons. The Balaban J connectivity index is 1.62. The third kappa shape index (κ3) is 4.10. The van der Waals surface area contributed by atoms with Crippen LogP contribution in [0.4, 0.5) is 0 Å². The number of furan rings is 1. The van der Waals surface area contributed by atoms with Crippen LogP contribution in [-0.2, 0) is 16.0 Å². The first-order chi connectivity index (χ1) is 10.8. The zero-order valence-corrected chi connectivity index (χ0v) is 13.6. The van der Waals surface area contributed by atoms with Gasteiger partial charge in [0.15, 0.2) is 0 Å². The highest BCUT2D eigenvalue weighted by Gasteiger charge is 2.38. The molecular formula is C17H28N2O3. The fourth-order valence-electron chi connectivity index (χ4n) is 3.83. The summed E-state index contributed by atoms with van der Waals surface area (Å²) in [6, 6.07) is 2.07. The molecule has 2 aliphatic rings. The number of piperidine rings is 1. The van der Waals surface area contributed by atoms with E-state index in [1.165, 1.54) is 24.9 Å². The number of hydrogen-bond donors (Lipinski definition) is 0. The molecule has 3 rings (SSSR count). The van der Waals surface area contributed by atoms with E-state index in [0.29, 0.717) is 0 Å². The first-order valence-corrected chi connectivity index (χ1v) is 8.32. The van der Waals surface area contributed by atoms with Gasteiger partial charge in [0.05, 0.1) is 32.3 Å². The third-order valence-corrected chi connectivity index (χ3v) is 4.86. The minimum Gasteiger partial charge on any atom is -0.472 e. The fraction of sp³-hybridized carbons (Fsp3) is 0.765. The number of methoxy groups -OCH3 is 1. The summed E-state index contributed by atoms with van der Waals surface area (Å²) in [6.45, 7) is 8.94. The van der Waals surface area contributed by atoms with Gasteiger partial charge < -0.3 is 13.9 Å². The van der Waals surface area contributed by atoms with E-state index >= 15 is 0 Å². The molecule has 1 aromatic rings. The summed E-state index contributed by atoms with van der Waals surface area (Å²) in [4.78, 5) is 5.06. The van der Waals surface area contributed by atoms with Crippen LogP contribution in [0.1, 0.15) is 18.4 Å². The van der Waals surface area contributed by atoms with Crippen LogP contribution in [0, 0.1) is 5.41 Å². The van der Waals surface area contributed by atoms with Crippen molar-refractivity contribution in [3.05, 3.63) is 24.2 Å². The van der Waals surface area contributed by atoms with Crippen molar-refractivity contribution in [2.75, 3.05) is 59.7 Å². The first kappa shape index (κ1) is 16.0. The Hall–Kier alpha value is -0.880. The van der Waals surface area contributed by atoms with Gasteiger partial charge in [-0.1, -0.05) is 0 Å². The predicted octanol–water partition coefficient (Wildman–Crippen LogP) is 1.84. The Morgan fingerprint density at radius 2 is 2.18 bits per heavy atom. The van der Waals surface area contributed by atoms with E-state index in [2.05, 4.69) is 15.9 Å². The van der Waals surface area contributed by atoms with Crippen LogP contribution < -0.4 is 0 Å². The van der Waals surface area contributed by atoms with Crippen LogP contribution in [0.15, 0.2) is 23.0 Å². The summed E-state index contributed by atoms with van der Waals surface area (Å²) >= 11 is 0. The summed E-state index contributed by atoms with van der Waals surface area (Å²) in [5.74, 6) is 0. The molecule has 0 bridgehead atoms. The number of ether oxygens (including phenoxy) is 2. The molecule has 124 valence electrons. The van der Waals surface area contributed by atoms with Crippen molar-refractivity contribution in [1.82, 2.24) is 9.80 Å². The van der Waals surface area contributed by atoms with Gasteiger partial charge in [-0.05, 0) is 25.5 Å². The molecule has 0 amide bonds. The molecule has 0 N–H and O–H groups in total. The Labute approximate surface area is 133 Å². The molecule has 1 atom stereocenters. The molecule has 0 unspecified atom stereocenters. The van der Waals surface area contributed by atoms with Crippen molar-refractivity contribution < 1.29 is 13.9 Å². The highest BCUT2D eigenvalue weighted by Crippen LogP contribution is 2.33. The quantitative estimate of drug-likeness (QED) is 0.830. The van der Waals surface area contributed by atoms with E-state index < -0.39 is 0 Å². The predicted molar refractivity (Wildman–Crippen MR) is 84.8 cm³/mol. The maximum Gasteiger partial charge on any atom is 0.0947 e. The summed E-state index contributed by atoms with van der Waals surface area (Å²) in [6.07, 6.45) is 6.13. The molecule has 0 aromatic carbocycles. The molecule has 1 spiro atoms. The van der Waals surface area contributed by atoms with Crippen molar-refractivity contribution in [1.29, 1.82) is 0 Å². The zero-order chi connectivity index (χ0) is 15.3. The average Bonchev–Trinajstić information content (AvgIpc) is 2.94. The fourth-order valence-corrected chi connectivity index (χ4v) is 3.83. The molecule has 2 aliphatic heterocycles. The summed E-state index contributed by atoms with van der Waals surface area (Å²) in [5.41, 5.74) is 1.54. The van der Waals surface area contributed by atoms with Crippen molar-refractivity contribution in [2.45, 2.75) is 19.4 Å². The van der Waals surface area contributed by atoms with Crippen LogP contribution in [0.3, 0.4) is 0 Å². The van der Waals surface area contributed by atoms with E-state index in [1.54, 1.807) is 13.4 Å². The Morgan fingerprint density at radius 3 is 3.00 bits per heavy atom. The molecule has 22 heavy (non-hydrogen) atoms. The van der Waals surface area contributed by atoms with E-state index in [4.69, 9.17) is 13.9 Å². The topological polar surface area (TPSA) is 38.1 Å². The Morgan fingerprint density at radius 1 is 1.27 bits per heavy atom. The number of rotatable bonds is 5. The van der Waals surface area contributed by atoms with Gasteiger partial charge in [0, 0.05) is 50.8 Å². The van der Waals surface area contributed by atoms with Crippen LogP contribution in [-0.4, -0.2) is 69.5 Å². The van der Waals surface area contributed by atoms with Gasteiger partial charge in [-0.15, -0.1) is 0 Å². The molecular weight excluding hydrogens is 280 g/mol. The molecule has 0 saturated carbocycles. The summed E-state index contributed by atoms with van der Waals surface area (Å²) < 4.78 is 16.4. The molecule has 1 aromatic heterocycles. The van der Waals surface area contributed by atoms with Gasteiger partial charge >= 0.3 is 0 Å². The zero-order valence-electron chi connectivity index (χ0n) is 13.6. The van der Waals surface area contributed by atoms with Gasteiger partial charge in [0.25, 0.3) is 0 Å². The third-order valence-electron chi connectivity index (χ3n) is 4.86. The van der Waals surface area contributed by atoms with Crippen molar-refractivity contribution in [2.24, 2.45) is 5.41 Å². The van der Waals surface area contributed by atoms with Crippen LogP contribution in [0.25, 0.3) is 0 Å². The minimum absolute atomic E-state index is 0.270. The molecule has 3 heterocycles. The van der Waals surface area contributed by atoms with E-state index in [9.17, 15) is 0 Å². The Kier molecular flexibility index (Phi) is 5.52. The van der Waals surface area contributed by atoms with Crippen molar-refractivity contribution in [3.63, 3.8) is 0 Å². The second-order valence-corrected chi connectivity index (χ2v) is 6.77. The minimum atomic E-state index is 0.270. The first-order valence-electron chi connectivity index (χ1n) is 8.32. The van der Waals surface area contributed by atoms with E-state index in [-0.39, 0.29) is 5.41 Å². The lowest BCUT2D eigenvalue weighted by atomic mass is 9.80. The lowest BCUT2D eigenvalue weighted by molar-refractivity contribution is 0.00159. The van der Waals surface area contributed by atoms with Gasteiger partial charge in [0.2, 0.25) is 0 Å². The van der Waals surface area contributed by atoms with E-state index in [0.717, 1.165) is 52.5 Å². The summed E-state index contributed by atoms with van der Waals surface area (Å²) in [7, 11) is 1.78. The average molecular weight is 308 g/mol. The van der Waals surface area contributed by atoms with Crippen molar-refractivity contribution in [3.8, 4) is 0 Å². The lowest BCUT2D eigenvalue weighted by Crippen LogP contribution is -2.50. The lowest BCUT2D eigenvalue weighted by Gasteiger charge is -2.43. The summed E-state index contributed by atoms with van der Waals surface area (Å²) in [5, 5.41) is 0. The highest BCUT2D eigenvalue weighted by molar-refractivity contribution is 5.05. The largest absolute Gasteiger partial charge is 0.472 e. The molecule has 2 fully saturated rings. The maximum absolute atomic E-state index is 5.95. The number of hydrogen-bond acceptors (Lipinski definition) is 5. The van der Waals surface area contributed by atoms with Gasteiger partial charge in [0.1, 0.15) is 0 Å². The van der Waals surface area contributed by atoms with Crippen LogP contribution in [0.5, 0.6) is 0 Å². The standard InChI is InChI=1S/C17H28N2O3/c1-20-9-6-18-7-10-22-15-17(13-18)4-2-5-19(14-17)11-16-3-8-21-12-16/h3,8,12H,2,4-7,9-11,13-15H2,1H3/t17-/m1/s1. The Bertz CT molecular complexity index is 437. The van der Waals surface area contributed by atoms with Gasteiger partial charge in [-0.2, -0.15) is 0 Å². The van der Waals surface area contributed by atoms with Gasteiger partial charge in [-0.25, -0.2) is 0 Å². The normalized spacial score (nSPS) is 28.0. The van der Waals surface area contributed by atoms with E-state index in [1.807, 2.05) is 6.26 Å². The molecule has 5 nitrogen and oxygen atoms in total. The van der Waals surface area contributed by atoms with Crippen LogP contribution in [0.2, 0.25) is 0 Å². The van der Waals surface area contributed by atoms with Gasteiger partial charge in [-0.3, -0.25) is 9.80 Å². The van der Waals surface area contributed by atoms with Crippen LogP contribution >= 0.6 is 0 Å². The number of likely N-dealkylation sites (tertiary alicyclic amines) is 1. The molecule has 5 heteroatoms. The van der Waals surface area contributed by atoms with Crippen molar-refractivity contribution >= 4 is 0 Å². The highest BCUT2D eigenvalue weighted by atomic mass is 16.5. The molecule has 2 saturated heterocycles. The maximum atomic E-state index is 5.95. The second-order valence-electron chi connectivity index (χ2n) is 6.77. The monoisotopic (exact) mass is 308 g/mol. The number of nitrogens with zero attached hydrogens (tertiary/aromatic N) is 2. The smallest absolute Gasteiger partial charge is 0.0947 e. The second kappa shape index (κ2) is 7.59. The molecule has 0 aliphatic carbocycles.